The molecule has 0 saturated carbocycles. The standard InChI is InChI=1S/C16H18ClN5O/c1-12-10-15(20-16(19-12)22-6-8-23-9-7-22)21-18-11-13-4-2-3-5-14(13)17/h2-5,10-11H,6-9H2,1H3,(H,19,20,21)/b18-11+. The number of morpholine rings is 1. The molecule has 23 heavy (non-hydrogen) atoms. The fourth-order valence-corrected chi connectivity index (χ4v) is 2.45. The van der Waals surface area contributed by atoms with E-state index < -0.39 is 0 Å². The van der Waals surface area contributed by atoms with Gasteiger partial charge < -0.3 is 9.64 Å². The number of aryl methyl sites for hydroxylation is 1. The van der Waals surface area contributed by atoms with Gasteiger partial charge in [-0.25, -0.2) is 4.98 Å². The van der Waals surface area contributed by atoms with Crippen LogP contribution in [0.25, 0.3) is 0 Å². The first kappa shape index (κ1) is 15.7. The van der Waals surface area contributed by atoms with Crippen molar-refractivity contribution < 1.29 is 4.74 Å². The summed E-state index contributed by atoms with van der Waals surface area (Å²) in [6.45, 7) is 4.93. The first-order valence-corrected chi connectivity index (χ1v) is 7.82. The third kappa shape index (κ3) is 4.18. The Hall–Kier alpha value is -2.18. The molecule has 7 heteroatoms. The molecule has 1 N–H and O–H groups in total. The van der Waals surface area contributed by atoms with E-state index in [9.17, 15) is 0 Å². The van der Waals surface area contributed by atoms with E-state index >= 15 is 0 Å². The van der Waals surface area contributed by atoms with Crippen LogP contribution in [0.4, 0.5) is 11.8 Å². The number of hydrazone groups is 1. The minimum absolute atomic E-state index is 0.655. The van der Waals surface area contributed by atoms with Gasteiger partial charge in [0.1, 0.15) is 0 Å². The molecule has 6 nitrogen and oxygen atoms in total. The van der Waals surface area contributed by atoms with Gasteiger partial charge >= 0.3 is 0 Å². The van der Waals surface area contributed by atoms with Crippen LogP contribution in [0, 0.1) is 6.92 Å². The molecule has 1 saturated heterocycles. The second-order valence-corrected chi connectivity index (χ2v) is 5.59. The van der Waals surface area contributed by atoms with Gasteiger partial charge in [0.05, 0.1) is 19.4 Å². The summed E-state index contributed by atoms with van der Waals surface area (Å²) in [7, 11) is 0. The van der Waals surface area contributed by atoms with Gasteiger partial charge in [-0.15, -0.1) is 0 Å². The van der Waals surface area contributed by atoms with Gasteiger partial charge in [-0.1, -0.05) is 29.8 Å². The zero-order chi connectivity index (χ0) is 16.1. The van der Waals surface area contributed by atoms with Gasteiger partial charge in [-0.3, -0.25) is 5.43 Å². The largest absolute Gasteiger partial charge is 0.378 e. The summed E-state index contributed by atoms with van der Waals surface area (Å²) < 4.78 is 5.36. The first-order chi connectivity index (χ1) is 11.2. The Morgan fingerprint density at radius 1 is 1.26 bits per heavy atom. The minimum Gasteiger partial charge on any atom is -0.378 e. The number of nitrogens with zero attached hydrogens (tertiary/aromatic N) is 4. The first-order valence-electron chi connectivity index (χ1n) is 7.44. The summed E-state index contributed by atoms with van der Waals surface area (Å²) in [5.41, 5.74) is 4.68. The van der Waals surface area contributed by atoms with E-state index in [0.29, 0.717) is 30.0 Å². The lowest BCUT2D eigenvalue weighted by Crippen LogP contribution is -2.37. The summed E-state index contributed by atoms with van der Waals surface area (Å²) in [6.07, 6.45) is 1.67. The van der Waals surface area contributed by atoms with Gasteiger partial charge in [0.15, 0.2) is 5.82 Å². The second kappa shape index (κ2) is 7.39. The van der Waals surface area contributed by atoms with Crippen LogP contribution in [-0.2, 0) is 4.74 Å². The number of ether oxygens (including phenoxy) is 1. The summed E-state index contributed by atoms with van der Waals surface area (Å²) in [6, 6.07) is 9.38. The monoisotopic (exact) mass is 331 g/mol. The maximum absolute atomic E-state index is 6.09. The van der Waals surface area contributed by atoms with Crippen molar-refractivity contribution in [3.63, 3.8) is 0 Å². The fourth-order valence-electron chi connectivity index (χ4n) is 2.26. The van der Waals surface area contributed by atoms with Crippen molar-refractivity contribution in [2.75, 3.05) is 36.6 Å². The highest BCUT2D eigenvalue weighted by atomic mass is 35.5. The maximum Gasteiger partial charge on any atom is 0.227 e. The van der Waals surface area contributed by atoms with Crippen LogP contribution in [0.1, 0.15) is 11.3 Å². The molecule has 1 fully saturated rings. The van der Waals surface area contributed by atoms with Crippen LogP contribution in [-0.4, -0.2) is 42.5 Å². The molecule has 2 aromatic rings. The van der Waals surface area contributed by atoms with Crippen molar-refractivity contribution in [1.29, 1.82) is 0 Å². The van der Waals surface area contributed by atoms with Crippen LogP contribution in [0.15, 0.2) is 35.4 Å². The normalized spacial score (nSPS) is 15.1. The molecule has 0 bridgehead atoms. The highest BCUT2D eigenvalue weighted by molar-refractivity contribution is 6.33. The van der Waals surface area contributed by atoms with Crippen LogP contribution >= 0.6 is 11.6 Å². The lowest BCUT2D eigenvalue weighted by molar-refractivity contribution is 0.122. The molecule has 1 aliphatic rings. The van der Waals surface area contributed by atoms with Gasteiger partial charge in [-0.05, 0) is 13.0 Å². The molecule has 0 amide bonds. The second-order valence-electron chi connectivity index (χ2n) is 5.19. The Balaban J connectivity index is 1.72. The SMILES string of the molecule is Cc1cc(N/N=C/c2ccccc2Cl)nc(N2CCOCC2)n1. The molecule has 0 radical (unpaired) electrons. The number of benzene rings is 1. The topological polar surface area (TPSA) is 62.6 Å². The summed E-state index contributed by atoms with van der Waals surface area (Å²) in [5.74, 6) is 1.35. The highest BCUT2D eigenvalue weighted by Gasteiger charge is 2.14. The molecule has 0 atom stereocenters. The highest BCUT2D eigenvalue weighted by Crippen LogP contribution is 2.16. The van der Waals surface area contributed by atoms with E-state index in [-0.39, 0.29) is 0 Å². The summed E-state index contributed by atoms with van der Waals surface area (Å²) >= 11 is 6.09. The van der Waals surface area contributed by atoms with E-state index in [1.54, 1.807) is 6.21 Å². The van der Waals surface area contributed by atoms with Crippen LogP contribution in [0.3, 0.4) is 0 Å². The van der Waals surface area contributed by atoms with Crippen molar-refractivity contribution in [3.8, 4) is 0 Å². The van der Waals surface area contributed by atoms with Crippen molar-refractivity contribution in [3.05, 3.63) is 46.6 Å². The smallest absolute Gasteiger partial charge is 0.227 e. The Labute approximate surface area is 140 Å². The zero-order valence-corrected chi connectivity index (χ0v) is 13.6. The molecule has 1 aliphatic heterocycles. The molecule has 0 aliphatic carbocycles. The van der Waals surface area contributed by atoms with Crippen LogP contribution < -0.4 is 10.3 Å². The maximum atomic E-state index is 6.09. The zero-order valence-electron chi connectivity index (χ0n) is 12.9. The van der Waals surface area contributed by atoms with E-state index in [2.05, 4.69) is 25.4 Å². The Morgan fingerprint density at radius 3 is 2.83 bits per heavy atom. The van der Waals surface area contributed by atoms with Crippen molar-refractivity contribution in [2.24, 2.45) is 5.10 Å². The molecule has 2 heterocycles. The van der Waals surface area contributed by atoms with E-state index in [0.717, 1.165) is 24.3 Å². The number of nitrogens with one attached hydrogen (secondary N) is 1. The lowest BCUT2D eigenvalue weighted by atomic mass is 10.2. The number of halogens is 1. The molecule has 0 spiro atoms. The summed E-state index contributed by atoms with van der Waals surface area (Å²) in [4.78, 5) is 11.1. The van der Waals surface area contributed by atoms with Crippen molar-refractivity contribution in [2.45, 2.75) is 6.92 Å². The van der Waals surface area contributed by atoms with Gasteiger partial charge in [0.25, 0.3) is 0 Å². The number of hydrogen-bond acceptors (Lipinski definition) is 6. The van der Waals surface area contributed by atoms with Gasteiger partial charge in [-0.2, -0.15) is 10.1 Å². The Kier molecular flexibility index (Phi) is 5.05. The number of aromatic nitrogens is 2. The predicted octanol–water partition coefficient (Wildman–Crippen LogP) is 2.72. The Bertz CT molecular complexity index is 701. The Morgan fingerprint density at radius 2 is 2.04 bits per heavy atom. The molecule has 0 unspecified atom stereocenters. The van der Waals surface area contributed by atoms with Crippen molar-refractivity contribution in [1.82, 2.24) is 9.97 Å². The number of hydrogen-bond donors (Lipinski definition) is 1. The molecule has 1 aromatic heterocycles. The molecular weight excluding hydrogens is 314 g/mol. The summed E-state index contributed by atoms with van der Waals surface area (Å²) in [5, 5.41) is 4.87. The van der Waals surface area contributed by atoms with Crippen LogP contribution in [0.5, 0.6) is 0 Å². The number of rotatable bonds is 4. The number of anilines is 2. The van der Waals surface area contributed by atoms with Gasteiger partial charge in [0, 0.05) is 35.4 Å². The lowest BCUT2D eigenvalue weighted by Gasteiger charge is -2.27. The quantitative estimate of drug-likeness (QED) is 0.689. The van der Waals surface area contributed by atoms with E-state index in [1.807, 2.05) is 37.3 Å². The minimum atomic E-state index is 0.655. The van der Waals surface area contributed by atoms with E-state index in [4.69, 9.17) is 16.3 Å². The molecular formula is C16H18ClN5O. The average Bonchev–Trinajstić information content (AvgIpc) is 2.57. The molecule has 1 aromatic carbocycles. The fraction of sp³-hybridized carbons (Fsp3) is 0.312. The average molecular weight is 332 g/mol. The van der Waals surface area contributed by atoms with E-state index in [1.165, 1.54) is 0 Å². The van der Waals surface area contributed by atoms with Crippen molar-refractivity contribution >= 4 is 29.6 Å². The predicted molar refractivity (Wildman–Crippen MR) is 92.5 cm³/mol. The third-order valence-electron chi connectivity index (χ3n) is 3.42. The third-order valence-corrected chi connectivity index (χ3v) is 3.77. The van der Waals surface area contributed by atoms with Gasteiger partial charge in [0.2, 0.25) is 5.95 Å². The molecule has 3 rings (SSSR count). The van der Waals surface area contributed by atoms with Crippen LogP contribution in [0.2, 0.25) is 5.02 Å². The molecule has 120 valence electrons.